The maximum atomic E-state index is 12.6. The number of sulfonamides is 1. The average Bonchev–Trinajstić information content (AvgIpc) is 2.97. The summed E-state index contributed by atoms with van der Waals surface area (Å²) in [4.78, 5) is 11.3. The van der Waals surface area contributed by atoms with Gasteiger partial charge in [-0.05, 0) is 60.7 Å². The molecule has 0 fully saturated rings. The highest BCUT2D eigenvalue weighted by atomic mass is 35.5. The van der Waals surface area contributed by atoms with Gasteiger partial charge in [0.2, 0.25) is 5.91 Å². The van der Waals surface area contributed by atoms with Gasteiger partial charge < -0.3 is 5.32 Å². The Labute approximate surface area is 146 Å². The molecule has 3 rings (SSSR count). The molecule has 0 unspecified atom stereocenters. The van der Waals surface area contributed by atoms with Gasteiger partial charge in [-0.3, -0.25) is 9.52 Å². The largest absolute Gasteiger partial charge is 0.325 e. The zero-order chi connectivity index (χ0) is 17.3. The van der Waals surface area contributed by atoms with Gasteiger partial charge in [-0.1, -0.05) is 17.7 Å². The van der Waals surface area contributed by atoms with Crippen molar-refractivity contribution >= 4 is 38.9 Å². The van der Waals surface area contributed by atoms with Crippen molar-refractivity contribution in [3.8, 4) is 0 Å². The number of nitrogens with one attached hydrogen (secondary N) is 2. The molecule has 126 valence electrons. The van der Waals surface area contributed by atoms with Crippen LogP contribution in [0.1, 0.15) is 24.5 Å². The molecule has 2 aromatic rings. The molecule has 0 atom stereocenters. The number of anilines is 2. The molecule has 0 saturated carbocycles. The predicted molar refractivity (Wildman–Crippen MR) is 95.0 cm³/mol. The Bertz CT molecular complexity index is 910. The Kier molecular flexibility index (Phi) is 4.51. The lowest BCUT2D eigenvalue weighted by Crippen LogP contribution is -2.13. The number of fused-ring (bicyclic) bond motifs is 1. The van der Waals surface area contributed by atoms with Gasteiger partial charge in [-0.25, -0.2) is 8.42 Å². The van der Waals surface area contributed by atoms with Crippen LogP contribution in [0.5, 0.6) is 0 Å². The molecule has 0 aromatic heterocycles. The molecule has 5 nitrogen and oxygen atoms in total. The minimum atomic E-state index is -3.68. The number of rotatable bonds is 4. The van der Waals surface area contributed by atoms with E-state index in [2.05, 4.69) is 10.0 Å². The van der Waals surface area contributed by atoms with Crippen LogP contribution < -0.4 is 10.0 Å². The summed E-state index contributed by atoms with van der Waals surface area (Å²) in [5.41, 5.74) is 3.09. The number of carbonyl (C=O) groups is 1. The number of carbonyl (C=O) groups excluding carboxylic acids is 1. The first-order valence-corrected chi connectivity index (χ1v) is 9.43. The molecule has 0 heterocycles. The zero-order valence-corrected chi connectivity index (χ0v) is 14.7. The quantitative estimate of drug-likeness (QED) is 0.870. The summed E-state index contributed by atoms with van der Waals surface area (Å²) >= 11 is 6.08. The highest BCUT2D eigenvalue weighted by Crippen LogP contribution is 2.28. The van der Waals surface area contributed by atoms with Crippen LogP contribution in [0.2, 0.25) is 5.02 Å². The number of benzene rings is 2. The Morgan fingerprint density at radius 2 is 1.83 bits per heavy atom. The van der Waals surface area contributed by atoms with Gasteiger partial charge in [0.1, 0.15) is 0 Å². The Morgan fingerprint density at radius 1 is 1.08 bits per heavy atom. The van der Waals surface area contributed by atoms with Gasteiger partial charge in [0.25, 0.3) is 10.0 Å². The minimum Gasteiger partial charge on any atom is -0.325 e. The van der Waals surface area contributed by atoms with E-state index in [9.17, 15) is 13.2 Å². The van der Waals surface area contributed by atoms with Crippen molar-refractivity contribution in [2.24, 2.45) is 0 Å². The summed E-state index contributed by atoms with van der Waals surface area (Å²) in [7, 11) is -3.68. The van der Waals surface area contributed by atoms with E-state index >= 15 is 0 Å². The van der Waals surface area contributed by atoms with E-state index in [-0.39, 0.29) is 15.8 Å². The van der Waals surface area contributed by atoms with E-state index in [0.717, 1.165) is 24.8 Å². The maximum absolute atomic E-state index is 12.6. The van der Waals surface area contributed by atoms with Crippen molar-refractivity contribution in [1.29, 1.82) is 0 Å². The minimum absolute atomic E-state index is 0.241. The molecular weight excluding hydrogens is 348 g/mol. The molecule has 2 N–H and O–H groups in total. The van der Waals surface area contributed by atoms with Crippen LogP contribution in [-0.2, 0) is 27.7 Å². The van der Waals surface area contributed by atoms with Crippen LogP contribution in [-0.4, -0.2) is 14.3 Å². The SMILES string of the molecule is CC(=O)Nc1ccc(NS(=O)(=O)c2ccc3c(c2)CCC3)cc1Cl. The first-order valence-electron chi connectivity index (χ1n) is 7.57. The number of hydrogen-bond acceptors (Lipinski definition) is 3. The van der Waals surface area contributed by atoms with E-state index in [1.54, 1.807) is 24.3 Å². The molecule has 0 spiro atoms. The average molecular weight is 365 g/mol. The second kappa shape index (κ2) is 6.45. The van der Waals surface area contributed by atoms with Crippen molar-refractivity contribution in [3.05, 3.63) is 52.5 Å². The highest BCUT2D eigenvalue weighted by molar-refractivity contribution is 7.92. The Balaban J connectivity index is 1.84. The summed E-state index contributed by atoms with van der Waals surface area (Å²) in [6.07, 6.45) is 2.98. The molecule has 0 saturated heterocycles. The molecular formula is C17H17ClN2O3S. The second-order valence-corrected chi connectivity index (χ2v) is 7.85. The van der Waals surface area contributed by atoms with Gasteiger partial charge in [0.05, 0.1) is 21.3 Å². The van der Waals surface area contributed by atoms with Crippen LogP contribution in [0.3, 0.4) is 0 Å². The first kappa shape index (κ1) is 16.8. The van der Waals surface area contributed by atoms with Crippen molar-refractivity contribution < 1.29 is 13.2 Å². The number of amides is 1. The summed E-state index contributed by atoms with van der Waals surface area (Å²) in [6.45, 7) is 1.38. The van der Waals surface area contributed by atoms with E-state index in [1.807, 2.05) is 6.07 Å². The van der Waals surface area contributed by atoms with E-state index < -0.39 is 10.0 Å². The molecule has 1 aliphatic carbocycles. The van der Waals surface area contributed by atoms with E-state index in [4.69, 9.17) is 11.6 Å². The molecule has 0 bridgehead atoms. The summed E-state index contributed by atoms with van der Waals surface area (Å²) in [5.74, 6) is -0.247. The molecule has 0 radical (unpaired) electrons. The van der Waals surface area contributed by atoms with Crippen molar-refractivity contribution in [3.63, 3.8) is 0 Å². The fourth-order valence-electron chi connectivity index (χ4n) is 2.80. The van der Waals surface area contributed by atoms with Crippen molar-refractivity contribution in [2.45, 2.75) is 31.1 Å². The molecule has 7 heteroatoms. The van der Waals surface area contributed by atoms with Gasteiger partial charge in [0.15, 0.2) is 0 Å². The van der Waals surface area contributed by atoms with Crippen molar-refractivity contribution in [1.82, 2.24) is 0 Å². The third kappa shape index (κ3) is 3.55. The van der Waals surface area contributed by atoms with Crippen molar-refractivity contribution in [2.75, 3.05) is 10.0 Å². The maximum Gasteiger partial charge on any atom is 0.261 e. The lowest BCUT2D eigenvalue weighted by atomic mass is 10.1. The topological polar surface area (TPSA) is 75.3 Å². The zero-order valence-electron chi connectivity index (χ0n) is 13.1. The Hall–Kier alpha value is -2.05. The van der Waals surface area contributed by atoms with Gasteiger partial charge in [0, 0.05) is 6.92 Å². The summed E-state index contributed by atoms with van der Waals surface area (Å²) in [6, 6.07) is 9.82. The first-order chi connectivity index (χ1) is 11.3. The fourth-order valence-corrected chi connectivity index (χ4v) is 4.13. The molecule has 1 aliphatic rings. The molecule has 24 heavy (non-hydrogen) atoms. The predicted octanol–water partition coefficient (Wildman–Crippen LogP) is 3.59. The van der Waals surface area contributed by atoms with E-state index in [0.29, 0.717) is 11.4 Å². The van der Waals surface area contributed by atoms with Crippen LogP contribution >= 0.6 is 11.6 Å². The van der Waals surface area contributed by atoms with Crippen LogP contribution in [0.25, 0.3) is 0 Å². The second-order valence-electron chi connectivity index (χ2n) is 5.77. The smallest absolute Gasteiger partial charge is 0.261 e. The molecule has 2 aromatic carbocycles. The monoisotopic (exact) mass is 364 g/mol. The third-order valence-corrected chi connectivity index (χ3v) is 5.60. The lowest BCUT2D eigenvalue weighted by molar-refractivity contribution is -0.114. The van der Waals surface area contributed by atoms with Crippen LogP contribution in [0.15, 0.2) is 41.3 Å². The number of halogens is 1. The number of hydrogen-bond donors (Lipinski definition) is 2. The molecule has 1 amide bonds. The van der Waals surface area contributed by atoms with Gasteiger partial charge in [-0.15, -0.1) is 0 Å². The van der Waals surface area contributed by atoms with Gasteiger partial charge in [-0.2, -0.15) is 0 Å². The van der Waals surface area contributed by atoms with Crippen LogP contribution in [0.4, 0.5) is 11.4 Å². The third-order valence-electron chi connectivity index (χ3n) is 3.91. The fraction of sp³-hybridized carbons (Fsp3) is 0.235. The summed E-state index contributed by atoms with van der Waals surface area (Å²) < 4.78 is 27.6. The normalized spacial score (nSPS) is 13.4. The molecule has 0 aliphatic heterocycles. The number of aryl methyl sites for hydroxylation is 2. The van der Waals surface area contributed by atoms with Crippen LogP contribution in [0, 0.1) is 0 Å². The lowest BCUT2D eigenvalue weighted by Gasteiger charge is -2.11. The van der Waals surface area contributed by atoms with Gasteiger partial charge >= 0.3 is 0 Å². The highest BCUT2D eigenvalue weighted by Gasteiger charge is 2.19. The standard InChI is InChI=1S/C17H17ClN2O3S/c1-11(21)19-17-8-6-14(10-16(17)18)20-24(22,23)15-7-5-12-3-2-4-13(12)9-15/h5-10,20H,2-4H2,1H3,(H,19,21). The summed E-state index contributed by atoms with van der Waals surface area (Å²) in [5, 5.41) is 2.84. The Morgan fingerprint density at radius 3 is 2.54 bits per heavy atom. The van der Waals surface area contributed by atoms with E-state index in [1.165, 1.54) is 18.6 Å².